The Balaban J connectivity index is 1.17. The van der Waals surface area contributed by atoms with Gasteiger partial charge in [-0.3, -0.25) is 4.79 Å². The van der Waals surface area contributed by atoms with E-state index in [2.05, 4.69) is 27.3 Å². The van der Waals surface area contributed by atoms with Crippen molar-refractivity contribution in [2.24, 2.45) is 0 Å². The Morgan fingerprint density at radius 2 is 1.93 bits per heavy atom. The average molecular weight is 426 g/mol. The second-order valence-corrected chi connectivity index (χ2v) is 9.19. The molecule has 0 radical (unpaired) electrons. The first kappa shape index (κ1) is 19.5. The number of carbonyl (C=O) groups excluding carboxylic acids is 1. The molecule has 0 saturated carbocycles. The van der Waals surface area contributed by atoms with Crippen molar-refractivity contribution in [1.29, 1.82) is 0 Å². The summed E-state index contributed by atoms with van der Waals surface area (Å²) in [5, 5.41) is 4.17. The molecule has 5 nitrogen and oxygen atoms in total. The average Bonchev–Trinajstić information content (AvgIpc) is 3.24. The van der Waals surface area contributed by atoms with Crippen molar-refractivity contribution in [3.63, 3.8) is 0 Å². The van der Waals surface area contributed by atoms with Crippen molar-refractivity contribution in [1.82, 2.24) is 15.2 Å². The Hall–Kier alpha value is -2.51. The van der Waals surface area contributed by atoms with Gasteiger partial charge in [0.05, 0.1) is 10.2 Å². The van der Waals surface area contributed by atoms with Crippen LogP contribution in [-0.2, 0) is 11.3 Å². The van der Waals surface area contributed by atoms with Gasteiger partial charge in [0.25, 0.3) is 5.19 Å². The summed E-state index contributed by atoms with van der Waals surface area (Å²) >= 11 is 1.40. The maximum atomic E-state index is 13.3. The van der Waals surface area contributed by atoms with E-state index in [0.717, 1.165) is 36.9 Å². The quantitative estimate of drug-likeness (QED) is 0.634. The van der Waals surface area contributed by atoms with Gasteiger partial charge in [0, 0.05) is 37.7 Å². The normalized spacial score (nSPS) is 23.1. The molecule has 7 heteroatoms. The van der Waals surface area contributed by atoms with Crippen LogP contribution in [-0.4, -0.2) is 33.9 Å². The van der Waals surface area contributed by atoms with E-state index in [1.165, 1.54) is 29.0 Å². The lowest BCUT2D eigenvalue weighted by Crippen LogP contribution is -2.50. The van der Waals surface area contributed by atoms with E-state index in [0.29, 0.717) is 34.6 Å². The zero-order chi connectivity index (χ0) is 20.7. The van der Waals surface area contributed by atoms with Gasteiger partial charge in [-0.25, -0.2) is 9.37 Å². The zero-order valence-electron chi connectivity index (χ0n) is 16.8. The lowest BCUT2D eigenvalue weighted by molar-refractivity contribution is -0.133. The predicted octanol–water partition coefficient (Wildman–Crippen LogP) is 4.86. The molecule has 5 rings (SSSR count). The molecule has 1 N–H and O–H groups in total. The molecule has 2 aliphatic rings. The fraction of sp³-hybridized carbons (Fsp3) is 0.391. The van der Waals surface area contributed by atoms with Crippen LogP contribution in [0.5, 0.6) is 10.9 Å². The zero-order valence-corrected chi connectivity index (χ0v) is 17.6. The van der Waals surface area contributed by atoms with Crippen molar-refractivity contribution >= 4 is 27.5 Å². The lowest BCUT2D eigenvalue weighted by Gasteiger charge is -2.38. The third kappa shape index (κ3) is 3.91. The fourth-order valence-corrected chi connectivity index (χ4v) is 5.63. The maximum Gasteiger partial charge on any atom is 0.279 e. The summed E-state index contributed by atoms with van der Waals surface area (Å²) in [6, 6.07) is 13.8. The minimum atomic E-state index is -0.295. The van der Waals surface area contributed by atoms with Crippen molar-refractivity contribution in [2.75, 3.05) is 0 Å². The van der Waals surface area contributed by atoms with Crippen LogP contribution in [0.1, 0.15) is 38.2 Å². The number of halogens is 1. The van der Waals surface area contributed by atoms with Crippen LogP contribution in [0.2, 0.25) is 0 Å². The van der Waals surface area contributed by atoms with Gasteiger partial charge < -0.3 is 15.0 Å². The van der Waals surface area contributed by atoms with Gasteiger partial charge in [-0.1, -0.05) is 23.5 Å². The number of aromatic nitrogens is 1. The van der Waals surface area contributed by atoms with E-state index in [1.54, 1.807) is 13.0 Å². The number of nitrogens with one attached hydrogen (secondary N) is 1. The molecule has 156 valence electrons. The minimum absolute atomic E-state index is 0.217. The van der Waals surface area contributed by atoms with Crippen LogP contribution in [0, 0.1) is 5.82 Å². The van der Waals surface area contributed by atoms with E-state index in [4.69, 9.17) is 4.74 Å². The topological polar surface area (TPSA) is 54.5 Å². The fourth-order valence-electron chi connectivity index (χ4n) is 4.82. The number of fused-ring (bicyclic) bond motifs is 3. The van der Waals surface area contributed by atoms with Crippen LogP contribution >= 0.6 is 11.3 Å². The highest BCUT2D eigenvalue weighted by Gasteiger charge is 2.41. The number of hydrogen-bond acceptors (Lipinski definition) is 5. The lowest BCUT2D eigenvalue weighted by atomic mass is 9.97. The second-order valence-electron chi connectivity index (χ2n) is 8.20. The van der Waals surface area contributed by atoms with Crippen LogP contribution in [0.15, 0.2) is 42.5 Å². The Morgan fingerprint density at radius 3 is 2.63 bits per heavy atom. The molecular weight excluding hydrogens is 401 g/mol. The minimum Gasteiger partial charge on any atom is -0.431 e. The summed E-state index contributed by atoms with van der Waals surface area (Å²) in [7, 11) is 0. The third-order valence-electron chi connectivity index (χ3n) is 6.15. The van der Waals surface area contributed by atoms with Crippen molar-refractivity contribution in [3.05, 3.63) is 53.8 Å². The van der Waals surface area contributed by atoms with Crippen LogP contribution in [0.3, 0.4) is 0 Å². The summed E-state index contributed by atoms with van der Waals surface area (Å²) in [4.78, 5) is 18.3. The summed E-state index contributed by atoms with van der Waals surface area (Å²) < 4.78 is 20.1. The molecule has 2 aliphatic heterocycles. The number of amides is 1. The Kier molecular flexibility index (Phi) is 5.16. The van der Waals surface area contributed by atoms with Gasteiger partial charge >= 0.3 is 0 Å². The number of benzene rings is 2. The van der Waals surface area contributed by atoms with E-state index in [1.807, 2.05) is 12.1 Å². The molecule has 3 atom stereocenters. The molecule has 0 aliphatic carbocycles. The maximum absolute atomic E-state index is 13.3. The molecule has 1 amide bonds. The Labute approximate surface area is 178 Å². The summed E-state index contributed by atoms with van der Waals surface area (Å²) in [6.45, 7) is 2.49. The van der Waals surface area contributed by atoms with Gasteiger partial charge in [-0.15, -0.1) is 0 Å². The summed E-state index contributed by atoms with van der Waals surface area (Å²) in [6.07, 6.45) is 4.34. The van der Waals surface area contributed by atoms with Crippen molar-refractivity contribution in [3.8, 4) is 10.9 Å². The van der Waals surface area contributed by atoms with Crippen LogP contribution < -0.4 is 10.1 Å². The first-order valence-corrected chi connectivity index (χ1v) is 11.2. The van der Waals surface area contributed by atoms with Gasteiger partial charge in [-0.2, -0.15) is 0 Å². The number of thiazole rings is 1. The van der Waals surface area contributed by atoms with E-state index >= 15 is 0 Å². The van der Waals surface area contributed by atoms with Gasteiger partial charge in [0.1, 0.15) is 11.6 Å². The number of carbonyl (C=O) groups is 1. The summed E-state index contributed by atoms with van der Waals surface area (Å²) in [5.41, 5.74) is 1.80. The monoisotopic (exact) mass is 425 g/mol. The molecule has 3 aromatic rings. The van der Waals surface area contributed by atoms with Crippen LogP contribution in [0.4, 0.5) is 4.39 Å². The van der Waals surface area contributed by atoms with Crippen LogP contribution in [0.25, 0.3) is 10.2 Å². The molecule has 0 spiro atoms. The number of nitrogens with zero attached hydrogens (tertiary/aromatic N) is 2. The van der Waals surface area contributed by atoms with Gasteiger partial charge in [-0.05, 0) is 55.5 Å². The highest BCUT2D eigenvalue weighted by molar-refractivity contribution is 7.20. The molecular formula is C23H24FN3O2S. The van der Waals surface area contributed by atoms with E-state index in [-0.39, 0.29) is 11.7 Å². The van der Waals surface area contributed by atoms with Crippen molar-refractivity contribution < 1.29 is 13.9 Å². The first-order chi connectivity index (χ1) is 14.5. The smallest absolute Gasteiger partial charge is 0.279 e. The molecule has 30 heavy (non-hydrogen) atoms. The standard InChI is InChI=1S/C23H24FN3O2S/c1-14(28)27-18-5-6-19(27)12-17(11-18)25-13-15-2-7-20(8-3-15)29-23-26-21-10-16(24)4-9-22(21)30-23/h2-4,7-10,17-19,25H,5-6,11-13H2,1H3/t17?,18-,19+. The third-order valence-corrected chi connectivity index (χ3v) is 7.06. The van der Waals surface area contributed by atoms with E-state index in [9.17, 15) is 9.18 Å². The molecule has 1 aromatic heterocycles. The van der Waals surface area contributed by atoms with E-state index < -0.39 is 0 Å². The highest BCUT2D eigenvalue weighted by atomic mass is 32.1. The molecule has 2 saturated heterocycles. The molecule has 2 fully saturated rings. The molecule has 1 unspecified atom stereocenters. The largest absolute Gasteiger partial charge is 0.431 e. The molecule has 2 aromatic carbocycles. The highest BCUT2D eigenvalue weighted by Crippen LogP contribution is 2.36. The predicted molar refractivity (Wildman–Crippen MR) is 115 cm³/mol. The van der Waals surface area contributed by atoms with Gasteiger partial charge in [0.2, 0.25) is 5.91 Å². The van der Waals surface area contributed by atoms with Crippen molar-refractivity contribution in [2.45, 2.75) is 57.3 Å². The first-order valence-electron chi connectivity index (χ1n) is 10.4. The van der Waals surface area contributed by atoms with Gasteiger partial charge in [0.15, 0.2) is 0 Å². The SMILES string of the molecule is CC(=O)N1[C@@H]2CC[C@H]1CC(NCc1ccc(Oc3nc4cc(F)ccc4s3)cc1)C2. The second kappa shape index (κ2) is 7.96. The number of ether oxygens (including phenoxy) is 1. The summed E-state index contributed by atoms with van der Waals surface area (Å²) in [5.74, 6) is 0.636. The number of hydrogen-bond donors (Lipinski definition) is 1. The Morgan fingerprint density at radius 1 is 1.20 bits per heavy atom. The number of rotatable bonds is 5. The Bertz CT molecular complexity index is 1050. The molecule has 3 heterocycles. The molecule has 2 bridgehead atoms. The number of piperidine rings is 1.